The third-order valence-electron chi connectivity index (χ3n) is 5.33. The number of imidazole rings is 1. The van der Waals surface area contributed by atoms with Crippen molar-refractivity contribution >= 4 is 24.8 Å². The number of ether oxygens (including phenoxy) is 1. The summed E-state index contributed by atoms with van der Waals surface area (Å²) in [5.74, 6) is 0.725. The fourth-order valence-corrected chi connectivity index (χ4v) is 4.45. The van der Waals surface area contributed by atoms with E-state index in [-0.39, 0.29) is 42.7 Å². The summed E-state index contributed by atoms with van der Waals surface area (Å²) in [4.78, 5) is 22.5. The Bertz CT molecular complexity index is 1070. The number of fused-ring (bicyclic) bond motifs is 1. The molecule has 2 aromatic heterocycles. The molecule has 0 spiro atoms. The fourth-order valence-electron chi connectivity index (χ4n) is 3.64. The van der Waals surface area contributed by atoms with Crippen molar-refractivity contribution in [2.75, 3.05) is 26.1 Å². The summed E-state index contributed by atoms with van der Waals surface area (Å²) in [5, 5.41) is 9.64. The summed E-state index contributed by atoms with van der Waals surface area (Å²) in [6.45, 7) is -0.149. The molecule has 1 fully saturated rings. The van der Waals surface area contributed by atoms with Crippen LogP contribution in [0.3, 0.4) is 0 Å². The minimum atomic E-state index is -4.36. The first-order valence-electron chi connectivity index (χ1n) is 9.26. The lowest BCUT2D eigenvalue weighted by molar-refractivity contribution is -0.00476. The van der Waals surface area contributed by atoms with Crippen LogP contribution in [0.25, 0.3) is 11.2 Å². The molecule has 11 nitrogen and oxygen atoms in total. The first-order chi connectivity index (χ1) is 14.4. The molecule has 0 bridgehead atoms. The number of methoxy groups -OCH3 is 1. The molecular formula is C18H22N5O6P. The molecule has 4 rings (SSSR count). The summed E-state index contributed by atoms with van der Waals surface area (Å²) in [6.07, 6.45) is 3.61. The van der Waals surface area contributed by atoms with Gasteiger partial charge in [0.25, 0.3) is 0 Å². The van der Waals surface area contributed by atoms with Crippen molar-refractivity contribution in [1.82, 2.24) is 19.5 Å². The summed E-state index contributed by atoms with van der Waals surface area (Å²) in [7, 11) is -2.84. The largest absolute Gasteiger partial charge is 0.527 e. The van der Waals surface area contributed by atoms with Crippen LogP contribution in [-0.4, -0.2) is 49.8 Å². The zero-order valence-corrected chi connectivity index (χ0v) is 17.1. The van der Waals surface area contributed by atoms with Crippen molar-refractivity contribution in [1.29, 1.82) is 0 Å². The predicted octanol–water partition coefficient (Wildman–Crippen LogP) is 1.78. The molecule has 2 heterocycles. The Morgan fingerprint density at radius 2 is 1.97 bits per heavy atom. The number of nitrogens with zero attached hydrogens (tertiary/aromatic N) is 4. The van der Waals surface area contributed by atoms with E-state index in [1.807, 2.05) is 4.57 Å². The highest BCUT2D eigenvalue weighted by Gasteiger charge is 2.44. The summed E-state index contributed by atoms with van der Waals surface area (Å²) < 4.78 is 29.6. The Labute approximate surface area is 172 Å². The summed E-state index contributed by atoms with van der Waals surface area (Å²) >= 11 is 0. The van der Waals surface area contributed by atoms with Crippen LogP contribution in [0, 0.1) is 11.8 Å². The van der Waals surface area contributed by atoms with E-state index in [4.69, 9.17) is 19.5 Å². The second-order valence-corrected chi connectivity index (χ2v) is 8.40. The van der Waals surface area contributed by atoms with Crippen molar-refractivity contribution in [3.63, 3.8) is 0 Å². The quantitative estimate of drug-likeness (QED) is 0.446. The molecule has 0 aliphatic heterocycles. The zero-order chi connectivity index (χ0) is 21.3. The van der Waals surface area contributed by atoms with Gasteiger partial charge in [-0.15, -0.1) is 0 Å². The summed E-state index contributed by atoms with van der Waals surface area (Å²) in [5.41, 5.74) is 6.89. The van der Waals surface area contributed by atoms with Crippen LogP contribution in [0.1, 0.15) is 12.5 Å². The van der Waals surface area contributed by atoms with Gasteiger partial charge < -0.3 is 24.7 Å². The van der Waals surface area contributed by atoms with Crippen molar-refractivity contribution in [3.8, 4) is 11.5 Å². The van der Waals surface area contributed by atoms with Gasteiger partial charge in [0.1, 0.15) is 23.3 Å². The third kappa shape index (κ3) is 3.97. The number of phosphoric ester groups is 1. The van der Waals surface area contributed by atoms with Crippen molar-refractivity contribution in [3.05, 3.63) is 36.9 Å². The van der Waals surface area contributed by atoms with E-state index in [1.165, 1.54) is 25.6 Å². The molecule has 4 N–H and O–H groups in total. The number of nitrogen functional groups attached to an aromatic ring is 1. The summed E-state index contributed by atoms with van der Waals surface area (Å²) in [6, 6.07) is 6.11. The van der Waals surface area contributed by atoms with Crippen LogP contribution >= 0.6 is 7.82 Å². The highest BCUT2D eigenvalue weighted by Crippen LogP contribution is 2.50. The Morgan fingerprint density at radius 1 is 1.23 bits per heavy atom. The molecule has 12 heteroatoms. The number of benzene rings is 1. The van der Waals surface area contributed by atoms with Gasteiger partial charge in [-0.1, -0.05) is 0 Å². The van der Waals surface area contributed by atoms with Gasteiger partial charge in [-0.3, -0.25) is 9.42 Å². The highest BCUT2D eigenvalue weighted by molar-refractivity contribution is 7.47. The van der Waals surface area contributed by atoms with Crippen LogP contribution < -0.4 is 15.0 Å². The number of hydrogen-bond donors (Lipinski definition) is 3. The van der Waals surface area contributed by atoms with E-state index in [9.17, 15) is 14.6 Å². The van der Waals surface area contributed by atoms with Crippen LogP contribution in [0.2, 0.25) is 0 Å². The van der Waals surface area contributed by atoms with Gasteiger partial charge in [-0.05, 0) is 36.6 Å². The molecule has 1 aromatic carbocycles. The Hall–Kier alpha value is -2.72. The maximum Gasteiger partial charge on any atom is 0.527 e. The minimum absolute atomic E-state index is 0.0661. The highest BCUT2D eigenvalue weighted by atomic mass is 31.2. The van der Waals surface area contributed by atoms with E-state index >= 15 is 0 Å². The minimum Gasteiger partial charge on any atom is -0.497 e. The van der Waals surface area contributed by atoms with E-state index < -0.39 is 7.82 Å². The predicted molar refractivity (Wildman–Crippen MR) is 107 cm³/mol. The number of nitrogens with two attached hydrogens (primary N) is 1. The molecule has 160 valence electrons. The Balaban J connectivity index is 1.46. The number of rotatable bonds is 8. The van der Waals surface area contributed by atoms with Gasteiger partial charge in [0.05, 0.1) is 20.0 Å². The average Bonchev–Trinajstić information content (AvgIpc) is 3.13. The second-order valence-electron chi connectivity index (χ2n) is 7.02. The number of aromatic nitrogens is 4. The Morgan fingerprint density at radius 3 is 2.67 bits per heavy atom. The van der Waals surface area contributed by atoms with E-state index in [1.54, 1.807) is 18.5 Å². The lowest BCUT2D eigenvalue weighted by atomic mass is 9.70. The van der Waals surface area contributed by atoms with Crippen molar-refractivity contribution in [2.45, 2.75) is 12.5 Å². The molecule has 3 aromatic rings. The molecule has 0 saturated heterocycles. The van der Waals surface area contributed by atoms with E-state index in [2.05, 4.69) is 15.0 Å². The van der Waals surface area contributed by atoms with Gasteiger partial charge in [0, 0.05) is 18.6 Å². The molecular weight excluding hydrogens is 413 g/mol. The van der Waals surface area contributed by atoms with Crippen molar-refractivity contribution < 1.29 is 28.3 Å². The number of phosphoric acid groups is 1. The van der Waals surface area contributed by atoms with Crippen LogP contribution in [0.15, 0.2) is 36.9 Å². The smallest absolute Gasteiger partial charge is 0.497 e. The normalized spacial score (nSPS) is 23.0. The lowest BCUT2D eigenvalue weighted by Gasteiger charge is -2.44. The molecule has 4 unspecified atom stereocenters. The molecule has 1 saturated carbocycles. The van der Waals surface area contributed by atoms with Gasteiger partial charge in [-0.25, -0.2) is 19.5 Å². The van der Waals surface area contributed by atoms with Crippen LogP contribution in [0.4, 0.5) is 5.82 Å². The fraction of sp³-hybridized carbons (Fsp3) is 0.389. The number of aliphatic hydroxyl groups is 1. The third-order valence-corrected chi connectivity index (χ3v) is 6.25. The molecule has 0 radical (unpaired) electrons. The van der Waals surface area contributed by atoms with Crippen LogP contribution in [-0.2, 0) is 9.09 Å². The zero-order valence-electron chi connectivity index (χ0n) is 16.2. The maximum absolute atomic E-state index is 12.4. The number of anilines is 1. The first-order valence-corrected chi connectivity index (χ1v) is 10.8. The molecule has 30 heavy (non-hydrogen) atoms. The monoisotopic (exact) mass is 435 g/mol. The molecule has 1 aliphatic carbocycles. The number of hydrogen-bond acceptors (Lipinski definition) is 9. The molecule has 4 atom stereocenters. The number of aliphatic hydroxyl groups excluding tert-OH is 1. The van der Waals surface area contributed by atoms with E-state index in [0.29, 0.717) is 23.3 Å². The molecule has 1 aliphatic rings. The van der Waals surface area contributed by atoms with Gasteiger partial charge in [0.2, 0.25) is 0 Å². The van der Waals surface area contributed by atoms with Gasteiger partial charge >= 0.3 is 7.82 Å². The van der Waals surface area contributed by atoms with Gasteiger partial charge in [0.15, 0.2) is 11.5 Å². The van der Waals surface area contributed by atoms with Gasteiger partial charge in [-0.2, -0.15) is 0 Å². The van der Waals surface area contributed by atoms with Crippen molar-refractivity contribution in [2.24, 2.45) is 11.8 Å². The lowest BCUT2D eigenvalue weighted by Crippen LogP contribution is -2.43. The standard InChI is InChI=1S/C18H22N5O6P/c1-27-12-2-4-13(5-3-12)29-30(25,26)28-8-14-11(7-24)6-15(14)23-10-22-16-17(19)20-9-21-18(16)23/h2-5,9-11,14-15,24H,6-8H2,1H3,(H,25,26)(H2,19,20,21). The maximum atomic E-state index is 12.4. The average molecular weight is 435 g/mol. The van der Waals surface area contributed by atoms with E-state index in [0.717, 1.165) is 0 Å². The topological polar surface area (TPSA) is 155 Å². The SMILES string of the molecule is COc1ccc(OP(=O)(O)OCC2C(CO)CC2n2cnc3c(N)ncnc32)cc1. The van der Waals surface area contributed by atoms with Crippen LogP contribution in [0.5, 0.6) is 11.5 Å². The Kier molecular flexibility index (Phi) is 5.61. The second kappa shape index (κ2) is 8.19. The molecule has 0 amide bonds. The first kappa shape index (κ1) is 20.5.